The predicted octanol–water partition coefficient (Wildman–Crippen LogP) is 3.08. The standard InChI is InChI=1S/C18H22N4O2.ClH/c1-14-3-5-15(6-4-14)17-21-16(13-19)18(24-17)20-7-2-8-22-9-11-23-12-10-22;/h3-6,20H,2,7-12H2,1H3;1H. The number of nitrogens with one attached hydrogen (secondary N) is 1. The molecule has 2 heterocycles. The summed E-state index contributed by atoms with van der Waals surface area (Å²) in [6.07, 6.45) is 0.978. The van der Waals surface area contributed by atoms with E-state index < -0.39 is 0 Å². The van der Waals surface area contributed by atoms with Gasteiger partial charge in [0.15, 0.2) is 0 Å². The zero-order chi connectivity index (χ0) is 16.8. The van der Waals surface area contributed by atoms with Crippen molar-refractivity contribution in [2.75, 3.05) is 44.7 Å². The minimum Gasteiger partial charge on any atom is -0.419 e. The smallest absolute Gasteiger partial charge is 0.232 e. The van der Waals surface area contributed by atoms with E-state index in [9.17, 15) is 5.26 Å². The van der Waals surface area contributed by atoms with Gasteiger partial charge in [0, 0.05) is 25.2 Å². The van der Waals surface area contributed by atoms with Crippen molar-refractivity contribution >= 4 is 18.3 Å². The highest BCUT2D eigenvalue weighted by molar-refractivity contribution is 5.85. The van der Waals surface area contributed by atoms with Crippen molar-refractivity contribution in [3.63, 3.8) is 0 Å². The molecule has 0 unspecified atom stereocenters. The summed E-state index contributed by atoms with van der Waals surface area (Å²) in [4.78, 5) is 6.66. The van der Waals surface area contributed by atoms with Gasteiger partial charge < -0.3 is 14.5 Å². The molecule has 0 spiro atoms. The second-order valence-corrected chi connectivity index (χ2v) is 5.91. The molecule has 0 bridgehead atoms. The van der Waals surface area contributed by atoms with Gasteiger partial charge in [-0.2, -0.15) is 10.2 Å². The molecule has 1 aliphatic rings. The summed E-state index contributed by atoms with van der Waals surface area (Å²) >= 11 is 0. The Balaban J connectivity index is 0.00000225. The fraction of sp³-hybridized carbons (Fsp3) is 0.444. The highest BCUT2D eigenvalue weighted by atomic mass is 35.5. The number of hydrogen-bond donors (Lipinski definition) is 1. The molecule has 0 radical (unpaired) electrons. The Labute approximate surface area is 154 Å². The quantitative estimate of drug-likeness (QED) is 0.796. The summed E-state index contributed by atoms with van der Waals surface area (Å²) in [6.45, 7) is 7.39. The van der Waals surface area contributed by atoms with Crippen molar-refractivity contribution in [2.24, 2.45) is 0 Å². The van der Waals surface area contributed by atoms with Gasteiger partial charge in [0.05, 0.1) is 13.2 Å². The first-order valence-corrected chi connectivity index (χ1v) is 8.28. The first kappa shape index (κ1) is 19.3. The monoisotopic (exact) mass is 362 g/mol. The molecule has 1 fully saturated rings. The molecule has 1 aromatic heterocycles. The Morgan fingerprint density at radius 2 is 1.96 bits per heavy atom. The minimum atomic E-state index is 0. The Morgan fingerprint density at radius 3 is 2.64 bits per heavy atom. The Kier molecular flexibility index (Phi) is 7.26. The van der Waals surface area contributed by atoms with Crippen LogP contribution in [0, 0.1) is 18.3 Å². The minimum absolute atomic E-state index is 0. The van der Waals surface area contributed by atoms with E-state index in [1.54, 1.807) is 0 Å². The molecule has 0 aliphatic carbocycles. The molecule has 0 saturated carbocycles. The van der Waals surface area contributed by atoms with Crippen LogP contribution >= 0.6 is 12.4 Å². The SMILES string of the molecule is Cc1ccc(-c2nc(C#N)c(NCCCN3CCOCC3)o2)cc1.Cl. The summed E-state index contributed by atoms with van der Waals surface area (Å²) in [7, 11) is 0. The average molecular weight is 363 g/mol. The van der Waals surface area contributed by atoms with Crippen LogP contribution in [0.4, 0.5) is 5.88 Å². The number of halogens is 1. The lowest BCUT2D eigenvalue weighted by atomic mass is 10.1. The van der Waals surface area contributed by atoms with Gasteiger partial charge in [-0.15, -0.1) is 12.4 Å². The fourth-order valence-electron chi connectivity index (χ4n) is 2.66. The van der Waals surface area contributed by atoms with E-state index >= 15 is 0 Å². The molecule has 25 heavy (non-hydrogen) atoms. The summed E-state index contributed by atoms with van der Waals surface area (Å²) in [6, 6.07) is 9.99. The number of nitriles is 1. The second-order valence-electron chi connectivity index (χ2n) is 5.91. The van der Waals surface area contributed by atoms with Crippen LogP contribution in [0.2, 0.25) is 0 Å². The maximum absolute atomic E-state index is 9.25. The third kappa shape index (κ3) is 5.20. The lowest BCUT2D eigenvalue weighted by molar-refractivity contribution is 0.0378. The van der Waals surface area contributed by atoms with Crippen LogP contribution in [-0.2, 0) is 4.74 Å². The Bertz CT molecular complexity index is 703. The van der Waals surface area contributed by atoms with Crippen LogP contribution in [0.5, 0.6) is 0 Å². The lowest BCUT2D eigenvalue weighted by Crippen LogP contribution is -2.37. The maximum Gasteiger partial charge on any atom is 0.232 e. The second kappa shape index (κ2) is 9.42. The van der Waals surface area contributed by atoms with Crippen molar-refractivity contribution in [1.82, 2.24) is 9.88 Å². The van der Waals surface area contributed by atoms with E-state index in [1.165, 1.54) is 5.56 Å². The predicted molar refractivity (Wildman–Crippen MR) is 99.0 cm³/mol. The van der Waals surface area contributed by atoms with E-state index in [0.717, 1.165) is 51.4 Å². The topological polar surface area (TPSA) is 74.3 Å². The number of benzene rings is 1. The highest BCUT2D eigenvalue weighted by Gasteiger charge is 2.14. The molecular formula is C18H23ClN4O2. The number of anilines is 1. The number of nitrogens with zero attached hydrogens (tertiary/aromatic N) is 3. The fourth-order valence-corrected chi connectivity index (χ4v) is 2.66. The third-order valence-electron chi connectivity index (χ3n) is 4.07. The molecular weight excluding hydrogens is 340 g/mol. The molecule has 3 rings (SSSR count). The number of rotatable bonds is 6. The van der Waals surface area contributed by atoms with Crippen LogP contribution in [0.15, 0.2) is 28.7 Å². The highest BCUT2D eigenvalue weighted by Crippen LogP contribution is 2.25. The first-order chi connectivity index (χ1) is 11.8. The van der Waals surface area contributed by atoms with Gasteiger partial charge in [-0.05, 0) is 32.0 Å². The number of hydrogen-bond acceptors (Lipinski definition) is 6. The molecule has 7 heteroatoms. The van der Waals surface area contributed by atoms with Gasteiger partial charge in [0.2, 0.25) is 17.5 Å². The van der Waals surface area contributed by atoms with Crippen LogP contribution in [0.3, 0.4) is 0 Å². The van der Waals surface area contributed by atoms with E-state index in [-0.39, 0.29) is 12.4 Å². The molecule has 0 atom stereocenters. The summed E-state index contributed by atoms with van der Waals surface area (Å²) in [5.74, 6) is 0.928. The maximum atomic E-state index is 9.25. The van der Waals surface area contributed by atoms with Gasteiger partial charge in [-0.3, -0.25) is 4.90 Å². The zero-order valence-electron chi connectivity index (χ0n) is 14.3. The van der Waals surface area contributed by atoms with Gasteiger partial charge in [0.1, 0.15) is 6.07 Å². The number of aryl methyl sites for hydroxylation is 1. The van der Waals surface area contributed by atoms with Gasteiger partial charge in [0.25, 0.3) is 0 Å². The number of aromatic nitrogens is 1. The van der Waals surface area contributed by atoms with Gasteiger partial charge >= 0.3 is 0 Å². The van der Waals surface area contributed by atoms with Gasteiger partial charge in [-0.1, -0.05) is 17.7 Å². The zero-order valence-corrected chi connectivity index (χ0v) is 15.1. The van der Waals surface area contributed by atoms with Crippen LogP contribution in [-0.4, -0.2) is 49.3 Å². The summed E-state index contributed by atoms with van der Waals surface area (Å²) in [5.41, 5.74) is 2.35. The van der Waals surface area contributed by atoms with Crippen molar-refractivity contribution in [2.45, 2.75) is 13.3 Å². The molecule has 1 aromatic carbocycles. The average Bonchev–Trinajstić information content (AvgIpc) is 3.03. The number of morpholine rings is 1. The van der Waals surface area contributed by atoms with Crippen molar-refractivity contribution < 1.29 is 9.15 Å². The van der Waals surface area contributed by atoms with E-state index in [0.29, 0.717) is 17.5 Å². The van der Waals surface area contributed by atoms with Crippen molar-refractivity contribution in [3.05, 3.63) is 35.5 Å². The van der Waals surface area contributed by atoms with Crippen LogP contribution < -0.4 is 5.32 Å². The number of ether oxygens (including phenoxy) is 1. The van der Waals surface area contributed by atoms with E-state index in [1.807, 2.05) is 31.2 Å². The molecule has 6 nitrogen and oxygen atoms in total. The summed E-state index contributed by atoms with van der Waals surface area (Å²) < 4.78 is 11.1. The third-order valence-corrected chi connectivity index (χ3v) is 4.07. The molecule has 1 saturated heterocycles. The molecule has 1 aliphatic heterocycles. The largest absolute Gasteiger partial charge is 0.419 e. The summed E-state index contributed by atoms with van der Waals surface area (Å²) in [5, 5.41) is 12.4. The molecule has 2 aromatic rings. The first-order valence-electron chi connectivity index (χ1n) is 8.28. The Hall–Kier alpha value is -2.07. The van der Waals surface area contributed by atoms with Crippen LogP contribution in [0.25, 0.3) is 11.5 Å². The molecule has 0 amide bonds. The lowest BCUT2D eigenvalue weighted by Gasteiger charge is -2.26. The normalized spacial score (nSPS) is 14.6. The van der Waals surface area contributed by atoms with Crippen molar-refractivity contribution in [1.29, 1.82) is 5.26 Å². The van der Waals surface area contributed by atoms with E-state index in [4.69, 9.17) is 9.15 Å². The van der Waals surface area contributed by atoms with Gasteiger partial charge in [-0.25, -0.2) is 0 Å². The van der Waals surface area contributed by atoms with Crippen molar-refractivity contribution in [3.8, 4) is 17.5 Å². The van der Waals surface area contributed by atoms with E-state index in [2.05, 4.69) is 21.3 Å². The Morgan fingerprint density at radius 1 is 1.24 bits per heavy atom. The molecule has 134 valence electrons. The molecule has 1 N–H and O–H groups in total. The number of oxazole rings is 1. The van der Waals surface area contributed by atoms with Crippen LogP contribution in [0.1, 0.15) is 17.7 Å².